The van der Waals surface area contributed by atoms with Crippen LogP contribution in [0.5, 0.6) is 5.75 Å². The Balaban J connectivity index is 1.59. The number of hydrogen-bond acceptors (Lipinski definition) is 5. The van der Waals surface area contributed by atoms with Gasteiger partial charge in [-0.25, -0.2) is 17.9 Å². The Labute approximate surface area is 169 Å². The molecule has 29 heavy (non-hydrogen) atoms. The van der Waals surface area contributed by atoms with Crippen LogP contribution in [0, 0.1) is 6.92 Å². The molecule has 2 N–H and O–H groups in total. The number of hydrogen-bond donors (Lipinski definition) is 2. The molecular formula is C22H21NO5S. The van der Waals surface area contributed by atoms with Gasteiger partial charge in [0.15, 0.2) is 0 Å². The lowest BCUT2D eigenvalue weighted by Gasteiger charge is -2.13. The summed E-state index contributed by atoms with van der Waals surface area (Å²) in [5.41, 5.74) is 1.88. The molecule has 3 rings (SSSR count). The zero-order valence-corrected chi connectivity index (χ0v) is 16.6. The number of esters is 1. The van der Waals surface area contributed by atoms with Gasteiger partial charge in [0.05, 0.1) is 16.6 Å². The van der Waals surface area contributed by atoms with E-state index >= 15 is 0 Å². The van der Waals surface area contributed by atoms with Gasteiger partial charge in [-0.2, -0.15) is 0 Å². The first-order chi connectivity index (χ1) is 13.8. The smallest absolute Gasteiger partial charge is 0.343 e. The van der Waals surface area contributed by atoms with Crippen LogP contribution in [0.1, 0.15) is 27.6 Å². The van der Waals surface area contributed by atoms with E-state index in [9.17, 15) is 18.3 Å². The second-order valence-corrected chi connectivity index (χ2v) is 8.27. The van der Waals surface area contributed by atoms with Crippen molar-refractivity contribution >= 4 is 16.0 Å². The first-order valence-corrected chi connectivity index (χ1v) is 10.4. The quantitative estimate of drug-likeness (QED) is 0.460. The largest absolute Gasteiger partial charge is 0.423 e. The maximum Gasteiger partial charge on any atom is 0.343 e. The topological polar surface area (TPSA) is 92.7 Å². The zero-order chi connectivity index (χ0) is 20.9. The molecule has 1 unspecified atom stereocenters. The molecule has 7 heteroatoms. The number of sulfonamides is 1. The summed E-state index contributed by atoms with van der Waals surface area (Å²) in [6.07, 6.45) is -1.05. The minimum Gasteiger partial charge on any atom is -0.423 e. The van der Waals surface area contributed by atoms with Crippen LogP contribution < -0.4 is 9.46 Å². The highest BCUT2D eigenvalue weighted by molar-refractivity contribution is 7.89. The van der Waals surface area contributed by atoms with E-state index in [1.807, 2.05) is 6.92 Å². The highest BCUT2D eigenvalue weighted by Crippen LogP contribution is 2.19. The predicted molar refractivity (Wildman–Crippen MR) is 109 cm³/mol. The van der Waals surface area contributed by atoms with Crippen LogP contribution in [0.15, 0.2) is 83.8 Å². The van der Waals surface area contributed by atoms with Crippen molar-refractivity contribution in [2.24, 2.45) is 0 Å². The first kappa shape index (κ1) is 20.7. The molecule has 0 saturated heterocycles. The van der Waals surface area contributed by atoms with Crippen LogP contribution in [0.25, 0.3) is 0 Å². The predicted octanol–water partition coefficient (Wildman–Crippen LogP) is 3.23. The van der Waals surface area contributed by atoms with Gasteiger partial charge in [-0.1, -0.05) is 48.0 Å². The van der Waals surface area contributed by atoms with Crippen LogP contribution in [0.4, 0.5) is 0 Å². The molecule has 0 aliphatic heterocycles. The molecule has 0 saturated carbocycles. The van der Waals surface area contributed by atoms with E-state index < -0.39 is 22.1 Å². The van der Waals surface area contributed by atoms with Crippen molar-refractivity contribution in [3.8, 4) is 5.75 Å². The average molecular weight is 411 g/mol. The molecule has 0 fully saturated rings. The maximum atomic E-state index is 12.3. The summed E-state index contributed by atoms with van der Waals surface area (Å²) in [4.78, 5) is 12.2. The third-order valence-corrected chi connectivity index (χ3v) is 5.72. The highest BCUT2D eigenvalue weighted by atomic mass is 32.2. The lowest BCUT2D eigenvalue weighted by Crippen LogP contribution is -2.28. The number of aryl methyl sites for hydroxylation is 1. The summed E-state index contributed by atoms with van der Waals surface area (Å²) in [6.45, 7) is 1.69. The molecule has 1 atom stereocenters. The Morgan fingerprint density at radius 2 is 1.59 bits per heavy atom. The standard InChI is InChI=1S/C22H21NO5S/c1-16-7-13-20(14-8-16)29(26,27)23-15-21(24)17-9-11-19(12-10-17)28-22(25)18-5-3-2-4-6-18/h2-14,21,23-24H,15H2,1H3. The van der Waals surface area contributed by atoms with Crippen LogP contribution >= 0.6 is 0 Å². The summed E-state index contributed by atoms with van der Waals surface area (Å²) in [5, 5.41) is 10.3. The Bertz CT molecular complexity index is 1060. The number of aliphatic hydroxyl groups excluding tert-OH is 1. The third kappa shape index (κ3) is 5.51. The van der Waals surface area contributed by atoms with Gasteiger partial charge in [-0.15, -0.1) is 0 Å². The van der Waals surface area contributed by atoms with Crippen molar-refractivity contribution in [2.45, 2.75) is 17.9 Å². The Kier molecular flexibility index (Phi) is 6.43. The average Bonchev–Trinajstić information content (AvgIpc) is 2.73. The van der Waals surface area contributed by atoms with Crippen LogP contribution in [-0.4, -0.2) is 26.0 Å². The number of carbonyl (C=O) groups is 1. The van der Waals surface area contributed by atoms with Crippen molar-refractivity contribution in [1.82, 2.24) is 4.72 Å². The summed E-state index contributed by atoms with van der Waals surface area (Å²) < 4.78 is 32.3. The van der Waals surface area contributed by atoms with Crippen molar-refractivity contribution in [3.63, 3.8) is 0 Å². The zero-order valence-electron chi connectivity index (χ0n) is 15.8. The van der Waals surface area contributed by atoms with E-state index in [4.69, 9.17) is 4.74 Å². The van der Waals surface area contributed by atoms with Gasteiger partial charge in [0, 0.05) is 6.54 Å². The van der Waals surface area contributed by atoms with Crippen molar-refractivity contribution in [3.05, 3.63) is 95.6 Å². The van der Waals surface area contributed by atoms with E-state index in [1.165, 1.54) is 12.1 Å². The fraction of sp³-hybridized carbons (Fsp3) is 0.136. The summed E-state index contributed by atoms with van der Waals surface area (Å²) >= 11 is 0. The minimum atomic E-state index is -3.71. The fourth-order valence-electron chi connectivity index (χ4n) is 2.61. The molecule has 0 aliphatic carbocycles. The van der Waals surface area contributed by atoms with Gasteiger partial charge in [-0.3, -0.25) is 0 Å². The Hall–Kier alpha value is -3.00. The molecule has 0 bridgehead atoms. The van der Waals surface area contributed by atoms with E-state index in [-0.39, 0.29) is 11.4 Å². The third-order valence-electron chi connectivity index (χ3n) is 4.28. The second kappa shape index (κ2) is 9.00. The number of ether oxygens (including phenoxy) is 1. The van der Waals surface area contributed by atoms with Crippen LogP contribution in [0.3, 0.4) is 0 Å². The Morgan fingerprint density at radius 3 is 2.21 bits per heavy atom. The molecule has 0 aromatic heterocycles. The molecule has 150 valence electrons. The lowest BCUT2D eigenvalue weighted by molar-refractivity contribution is 0.0734. The monoisotopic (exact) mass is 411 g/mol. The van der Waals surface area contributed by atoms with Gasteiger partial charge >= 0.3 is 5.97 Å². The molecule has 3 aromatic carbocycles. The van der Waals surface area contributed by atoms with Crippen LogP contribution in [-0.2, 0) is 10.0 Å². The molecular weight excluding hydrogens is 390 g/mol. The highest BCUT2D eigenvalue weighted by Gasteiger charge is 2.17. The van der Waals surface area contributed by atoms with Gasteiger partial charge in [0.25, 0.3) is 0 Å². The van der Waals surface area contributed by atoms with Gasteiger partial charge < -0.3 is 9.84 Å². The van der Waals surface area contributed by atoms with E-state index in [2.05, 4.69) is 4.72 Å². The van der Waals surface area contributed by atoms with E-state index in [0.717, 1.165) is 5.56 Å². The van der Waals surface area contributed by atoms with Crippen molar-refractivity contribution in [2.75, 3.05) is 6.54 Å². The lowest BCUT2D eigenvalue weighted by atomic mass is 10.1. The minimum absolute atomic E-state index is 0.137. The van der Waals surface area contributed by atoms with Gasteiger partial charge in [0.2, 0.25) is 10.0 Å². The van der Waals surface area contributed by atoms with Gasteiger partial charge in [-0.05, 0) is 48.9 Å². The first-order valence-electron chi connectivity index (χ1n) is 8.97. The summed E-state index contributed by atoms with van der Waals surface area (Å²) in [6, 6.07) is 21.3. The van der Waals surface area contributed by atoms with Crippen molar-refractivity contribution < 1.29 is 23.1 Å². The number of rotatable bonds is 7. The second-order valence-electron chi connectivity index (χ2n) is 6.51. The normalized spacial score (nSPS) is 12.3. The number of aliphatic hydroxyl groups is 1. The molecule has 0 aliphatic rings. The van der Waals surface area contributed by atoms with Crippen LogP contribution in [0.2, 0.25) is 0 Å². The maximum absolute atomic E-state index is 12.3. The summed E-state index contributed by atoms with van der Waals surface area (Å²) in [7, 11) is -3.71. The fourth-order valence-corrected chi connectivity index (χ4v) is 3.64. The number of carbonyl (C=O) groups excluding carboxylic acids is 1. The van der Waals surface area contributed by atoms with Crippen molar-refractivity contribution in [1.29, 1.82) is 0 Å². The van der Waals surface area contributed by atoms with E-state index in [1.54, 1.807) is 66.7 Å². The Morgan fingerprint density at radius 1 is 0.966 bits per heavy atom. The molecule has 0 heterocycles. The van der Waals surface area contributed by atoms with Gasteiger partial charge in [0.1, 0.15) is 5.75 Å². The molecule has 0 spiro atoms. The van der Waals surface area contributed by atoms with E-state index in [0.29, 0.717) is 16.9 Å². The molecule has 6 nitrogen and oxygen atoms in total. The number of nitrogens with one attached hydrogen (secondary N) is 1. The number of benzene rings is 3. The SMILES string of the molecule is Cc1ccc(S(=O)(=O)NCC(O)c2ccc(OC(=O)c3ccccc3)cc2)cc1. The molecule has 0 amide bonds. The molecule has 3 aromatic rings. The summed E-state index contributed by atoms with van der Waals surface area (Å²) in [5.74, 6) is -0.153. The molecule has 0 radical (unpaired) electrons.